The van der Waals surface area contributed by atoms with Gasteiger partial charge in [-0.2, -0.15) is 0 Å². The van der Waals surface area contributed by atoms with E-state index >= 15 is 0 Å². The van der Waals surface area contributed by atoms with Gasteiger partial charge in [-0.3, -0.25) is 0 Å². The highest BCUT2D eigenvalue weighted by atomic mass is 16.5. The van der Waals surface area contributed by atoms with Crippen molar-refractivity contribution in [2.45, 2.75) is 38.6 Å². The molecule has 1 rings (SSSR count). The minimum Gasteiger partial charge on any atom is -0.488 e. The van der Waals surface area contributed by atoms with Gasteiger partial charge in [0.15, 0.2) is 0 Å². The molecule has 0 bridgehead atoms. The number of hydrogen-bond donors (Lipinski definition) is 3. The van der Waals surface area contributed by atoms with Gasteiger partial charge in [0.2, 0.25) is 0 Å². The van der Waals surface area contributed by atoms with Crippen molar-refractivity contribution < 1.29 is 14.9 Å². The van der Waals surface area contributed by atoms with E-state index in [9.17, 15) is 10.2 Å². The Bertz CT molecular complexity index is 343. The van der Waals surface area contributed by atoms with Crippen LogP contribution < -0.4 is 10.5 Å². The molecule has 0 saturated heterocycles. The fourth-order valence-electron chi connectivity index (χ4n) is 1.44. The predicted molar refractivity (Wildman–Crippen MR) is 66.8 cm³/mol. The minimum atomic E-state index is -0.955. The highest BCUT2D eigenvalue weighted by Gasteiger charge is 2.17. The lowest BCUT2D eigenvalue weighted by Crippen LogP contribution is -2.27. The number of aliphatic hydroxyl groups excluding tert-OH is 2. The Balaban J connectivity index is 2.74. The Hall–Kier alpha value is -1.10. The van der Waals surface area contributed by atoms with Crippen molar-refractivity contribution in [1.82, 2.24) is 0 Å². The van der Waals surface area contributed by atoms with Crippen LogP contribution in [0.1, 0.15) is 32.4 Å². The number of ether oxygens (including phenoxy) is 1. The first-order chi connectivity index (χ1) is 7.83. The van der Waals surface area contributed by atoms with Gasteiger partial charge in [0.05, 0.1) is 6.10 Å². The molecule has 0 aliphatic heterocycles. The monoisotopic (exact) mass is 239 g/mol. The molecule has 2 atom stereocenters. The van der Waals surface area contributed by atoms with Crippen LogP contribution in [0.25, 0.3) is 0 Å². The summed E-state index contributed by atoms with van der Waals surface area (Å²) in [5.41, 5.74) is 5.66. The highest BCUT2D eigenvalue weighted by molar-refractivity contribution is 5.29. The van der Waals surface area contributed by atoms with Gasteiger partial charge >= 0.3 is 0 Å². The molecule has 4 N–H and O–H groups in total. The normalized spacial score (nSPS) is 15.4. The van der Waals surface area contributed by atoms with Crippen molar-refractivity contribution in [3.63, 3.8) is 0 Å². The second-order valence-corrected chi connectivity index (χ2v) is 5.03. The highest BCUT2D eigenvalue weighted by Crippen LogP contribution is 2.22. The van der Waals surface area contributed by atoms with E-state index in [1.807, 2.05) is 20.8 Å². The first kappa shape index (κ1) is 14.0. The van der Waals surface area contributed by atoms with Gasteiger partial charge in [0.25, 0.3) is 0 Å². The van der Waals surface area contributed by atoms with Crippen LogP contribution in [0.2, 0.25) is 0 Å². The maximum Gasteiger partial charge on any atom is 0.120 e. The summed E-state index contributed by atoms with van der Waals surface area (Å²) in [5, 5.41) is 19.2. The largest absolute Gasteiger partial charge is 0.488 e. The molecule has 96 valence electrons. The zero-order valence-electron chi connectivity index (χ0n) is 10.6. The molecule has 17 heavy (non-hydrogen) atoms. The maximum absolute atomic E-state index is 9.74. The molecule has 2 unspecified atom stereocenters. The van der Waals surface area contributed by atoms with Crippen LogP contribution in [0.3, 0.4) is 0 Å². The second kappa shape index (κ2) is 5.49. The van der Waals surface area contributed by atoms with Crippen molar-refractivity contribution in [2.24, 2.45) is 5.73 Å². The van der Waals surface area contributed by atoms with Gasteiger partial charge in [-0.15, -0.1) is 0 Å². The van der Waals surface area contributed by atoms with Gasteiger partial charge in [-0.1, -0.05) is 12.1 Å². The van der Waals surface area contributed by atoms with Crippen LogP contribution in [0.15, 0.2) is 24.3 Å². The third-order valence-corrected chi connectivity index (χ3v) is 2.25. The quantitative estimate of drug-likeness (QED) is 0.738. The maximum atomic E-state index is 9.74. The number of aliphatic hydroxyl groups is 2. The molecule has 1 aromatic rings. The standard InChI is InChI=1S/C13H21NO3/c1-13(2,3)17-10-6-4-9(5-7-10)12(16)11(15)8-14/h4-7,11-12,15-16H,8,14H2,1-3H3. The summed E-state index contributed by atoms with van der Waals surface area (Å²) in [7, 11) is 0. The summed E-state index contributed by atoms with van der Waals surface area (Å²) >= 11 is 0. The van der Waals surface area contributed by atoms with E-state index < -0.39 is 12.2 Å². The van der Waals surface area contributed by atoms with Crippen molar-refractivity contribution in [3.05, 3.63) is 29.8 Å². The van der Waals surface area contributed by atoms with Crippen molar-refractivity contribution >= 4 is 0 Å². The van der Waals surface area contributed by atoms with Crippen molar-refractivity contribution in [3.8, 4) is 5.75 Å². The Kier molecular flexibility index (Phi) is 4.51. The van der Waals surface area contributed by atoms with Crippen LogP contribution in [0.5, 0.6) is 5.75 Å². The summed E-state index contributed by atoms with van der Waals surface area (Å²) in [5.74, 6) is 0.732. The van der Waals surface area contributed by atoms with Gasteiger partial charge < -0.3 is 20.7 Å². The average molecular weight is 239 g/mol. The zero-order valence-corrected chi connectivity index (χ0v) is 10.6. The first-order valence-electron chi connectivity index (χ1n) is 5.68. The molecule has 4 heteroatoms. The Labute approximate surface area is 102 Å². The van der Waals surface area contributed by atoms with Crippen molar-refractivity contribution in [1.29, 1.82) is 0 Å². The number of nitrogens with two attached hydrogens (primary N) is 1. The van der Waals surface area contributed by atoms with Crippen LogP contribution >= 0.6 is 0 Å². The minimum absolute atomic E-state index is 0.0292. The molecule has 0 fully saturated rings. The number of rotatable bonds is 4. The lowest BCUT2D eigenvalue weighted by Gasteiger charge is -2.22. The summed E-state index contributed by atoms with van der Waals surface area (Å²) in [4.78, 5) is 0. The molecule has 0 radical (unpaired) electrons. The van der Waals surface area contributed by atoms with E-state index in [-0.39, 0.29) is 12.1 Å². The molecule has 0 heterocycles. The Morgan fingerprint density at radius 3 is 2.12 bits per heavy atom. The third kappa shape index (κ3) is 4.34. The second-order valence-electron chi connectivity index (χ2n) is 5.03. The Morgan fingerprint density at radius 2 is 1.71 bits per heavy atom. The van der Waals surface area contributed by atoms with E-state index in [2.05, 4.69) is 0 Å². The molecule has 0 aliphatic carbocycles. The lowest BCUT2D eigenvalue weighted by molar-refractivity contribution is 0.0242. The van der Waals surface area contributed by atoms with Gasteiger partial charge in [0, 0.05) is 6.54 Å². The predicted octanol–water partition coefficient (Wildman–Crippen LogP) is 1.22. The smallest absolute Gasteiger partial charge is 0.120 e. The summed E-state index contributed by atoms with van der Waals surface area (Å²) in [6, 6.07) is 7.00. The third-order valence-electron chi connectivity index (χ3n) is 2.25. The van der Waals surface area contributed by atoms with Crippen LogP contribution in [-0.4, -0.2) is 28.5 Å². The zero-order chi connectivity index (χ0) is 13.1. The SMILES string of the molecule is CC(C)(C)Oc1ccc(C(O)C(O)CN)cc1. The first-order valence-corrected chi connectivity index (χ1v) is 5.68. The Morgan fingerprint density at radius 1 is 1.18 bits per heavy atom. The number of hydrogen-bond acceptors (Lipinski definition) is 4. The van der Waals surface area contributed by atoms with Crippen molar-refractivity contribution in [2.75, 3.05) is 6.54 Å². The molecule has 4 nitrogen and oxygen atoms in total. The van der Waals surface area contributed by atoms with E-state index in [0.717, 1.165) is 5.75 Å². The van der Waals surface area contributed by atoms with Crippen LogP contribution in [0.4, 0.5) is 0 Å². The molecule has 0 saturated carbocycles. The molecular weight excluding hydrogens is 218 g/mol. The van der Waals surface area contributed by atoms with Gasteiger partial charge in [-0.05, 0) is 38.5 Å². The van der Waals surface area contributed by atoms with Crippen LogP contribution in [0, 0.1) is 0 Å². The van der Waals surface area contributed by atoms with Gasteiger partial charge in [0.1, 0.15) is 17.5 Å². The van der Waals surface area contributed by atoms with E-state index in [1.165, 1.54) is 0 Å². The molecular formula is C13H21NO3. The van der Waals surface area contributed by atoms with Crippen LogP contribution in [-0.2, 0) is 0 Å². The number of benzene rings is 1. The summed E-state index contributed by atoms with van der Waals surface area (Å²) in [6.07, 6.45) is -1.90. The molecule has 1 aromatic carbocycles. The lowest BCUT2D eigenvalue weighted by atomic mass is 10.0. The van der Waals surface area contributed by atoms with E-state index in [4.69, 9.17) is 10.5 Å². The molecule has 0 aromatic heterocycles. The topological polar surface area (TPSA) is 75.7 Å². The van der Waals surface area contributed by atoms with E-state index in [0.29, 0.717) is 5.56 Å². The molecule has 0 spiro atoms. The molecule has 0 aliphatic rings. The fraction of sp³-hybridized carbons (Fsp3) is 0.538. The molecule has 0 amide bonds. The van der Waals surface area contributed by atoms with E-state index in [1.54, 1.807) is 24.3 Å². The average Bonchev–Trinajstić information content (AvgIpc) is 2.26. The fourth-order valence-corrected chi connectivity index (χ4v) is 1.44. The van der Waals surface area contributed by atoms with Gasteiger partial charge in [-0.25, -0.2) is 0 Å². The summed E-state index contributed by atoms with van der Waals surface area (Å²) < 4.78 is 5.65. The summed E-state index contributed by atoms with van der Waals surface area (Å²) in [6.45, 7) is 5.93.